The van der Waals surface area contributed by atoms with Crippen LogP contribution in [0, 0.1) is 0 Å². The Balaban J connectivity index is 1.53. The molecule has 3 aromatic rings. The molecule has 8 heteroatoms. The van der Waals surface area contributed by atoms with Crippen LogP contribution in [-0.2, 0) is 13.6 Å². The minimum Gasteiger partial charge on any atom is -0.467 e. The van der Waals surface area contributed by atoms with Crippen molar-refractivity contribution in [2.24, 2.45) is 7.05 Å². The normalized spacial score (nSPS) is 10.4. The molecule has 0 saturated heterocycles. The summed E-state index contributed by atoms with van der Waals surface area (Å²) in [5.74, 6) is 0.459. The highest BCUT2D eigenvalue weighted by atomic mass is 79.9. The van der Waals surface area contributed by atoms with E-state index in [-0.39, 0.29) is 11.9 Å². The summed E-state index contributed by atoms with van der Waals surface area (Å²) in [6.45, 7) is 0.305. The summed E-state index contributed by atoms with van der Waals surface area (Å²) in [5, 5.41) is 8.22. The van der Waals surface area contributed by atoms with Crippen LogP contribution in [0.5, 0.6) is 0 Å². The number of anilines is 2. The van der Waals surface area contributed by atoms with E-state index in [1.54, 1.807) is 60.3 Å². The number of hydrogen-bond acceptors (Lipinski definition) is 3. The van der Waals surface area contributed by atoms with Crippen molar-refractivity contribution in [2.75, 3.05) is 10.6 Å². The van der Waals surface area contributed by atoms with Gasteiger partial charge in [-0.25, -0.2) is 4.79 Å². The first-order valence-corrected chi connectivity index (χ1v) is 8.61. The molecule has 0 radical (unpaired) electrons. The van der Waals surface area contributed by atoms with E-state index in [1.807, 2.05) is 6.20 Å². The Hall–Kier alpha value is -3.00. The van der Waals surface area contributed by atoms with Crippen LogP contribution in [-0.4, -0.2) is 16.5 Å². The first kappa shape index (κ1) is 17.8. The number of benzene rings is 1. The van der Waals surface area contributed by atoms with Crippen LogP contribution in [0.2, 0.25) is 0 Å². The standard InChI is InChI=1S/C18H17BrN4O3/c1-23-11-12(19)9-16(23)17(24)21-13-4-6-14(7-5-13)22-18(25)20-10-15-3-2-8-26-15/h2-9,11H,10H2,1H3,(H,21,24)(H2,20,22,25). The van der Waals surface area contributed by atoms with Crippen LogP contribution in [0.15, 0.2) is 63.8 Å². The number of halogens is 1. The van der Waals surface area contributed by atoms with E-state index in [2.05, 4.69) is 31.9 Å². The molecule has 134 valence electrons. The summed E-state index contributed by atoms with van der Waals surface area (Å²) in [7, 11) is 1.80. The van der Waals surface area contributed by atoms with Crippen molar-refractivity contribution in [3.05, 3.63) is 70.9 Å². The maximum atomic E-state index is 12.3. The molecular weight excluding hydrogens is 400 g/mol. The number of nitrogens with zero attached hydrogens (tertiary/aromatic N) is 1. The maximum absolute atomic E-state index is 12.3. The fraction of sp³-hybridized carbons (Fsp3) is 0.111. The molecule has 3 rings (SSSR count). The number of carbonyl (C=O) groups excluding carboxylic acids is 2. The van der Waals surface area contributed by atoms with E-state index in [0.717, 1.165) is 4.47 Å². The third-order valence-corrected chi connectivity index (χ3v) is 4.04. The van der Waals surface area contributed by atoms with Gasteiger partial charge in [-0.2, -0.15) is 0 Å². The molecule has 3 N–H and O–H groups in total. The molecule has 0 unspecified atom stereocenters. The lowest BCUT2D eigenvalue weighted by molar-refractivity contribution is 0.101. The highest BCUT2D eigenvalue weighted by Gasteiger charge is 2.11. The summed E-state index contributed by atoms with van der Waals surface area (Å²) in [6, 6.07) is 11.8. The van der Waals surface area contributed by atoms with E-state index >= 15 is 0 Å². The Morgan fingerprint density at radius 2 is 1.81 bits per heavy atom. The molecule has 0 fully saturated rings. The van der Waals surface area contributed by atoms with E-state index in [1.165, 1.54) is 0 Å². The van der Waals surface area contributed by atoms with Crippen molar-refractivity contribution in [1.29, 1.82) is 0 Å². The number of amides is 3. The molecule has 0 aliphatic rings. The summed E-state index contributed by atoms with van der Waals surface area (Å²) in [4.78, 5) is 24.1. The summed E-state index contributed by atoms with van der Waals surface area (Å²) >= 11 is 3.34. The molecule has 0 saturated carbocycles. The second-order valence-corrected chi connectivity index (χ2v) is 6.49. The fourth-order valence-electron chi connectivity index (χ4n) is 2.34. The van der Waals surface area contributed by atoms with Crippen LogP contribution in [0.3, 0.4) is 0 Å². The van der Waals surface area contributed by atoms with Crippen molar-refractivity contribution < 1.29 is 14.0 Å². The van der Waals surface area contributed by atoms with Gasteiger partial charge in [-0.3, -0.25) is 4.79 Å². The summed E-state index contributed by atoms with van der Waals surface area (Å²) < 4.78 is 7.72. The number of urea groups is 1. The average molecular weight is 417 g/mol. The Morgan fingerprint density at radius 3 is 2.38 bits per heavy atom. The lowest BCUT2D eigenvalue weighted by Gasteiger charge is -2.09. The van der Waals surface area contributed by atoms with Crippen LogP contribution >= 0.6 is 15.9 Å². The highest BCUT2D eigenvalue weighted by molar-refractivity contribution is 9.10. The number of rotatable bonds is 5. The Morgan fingerprint density at radius 1 is 1.12 bits per heavy atom. The van der Waals surface area contributed by atoms with Crippen LogP contribution in [0.4, 0.5) is 16.2 Å². The Labute approximate surface area is 158 Å². The third-order valence-electron chi connectivity index (χ3n) is 3.61. The van der Waals surface area contributed by atoms with Gasteiger partial charge in [0.25, 0.3) is 5.91 Å². The number of aromatic nitrogens is 1. The van der Waals surface area contributed by atoms with Gasteiger partial charge in [0.05, 0.1) is 12.8 Å². The van der Waals surface area contributed by atoms with Gasteiger partial charge in [0.2, 0.25) is 0 Å². The molecule has 0 aliphatic carbocycles. The Bertz CT molecular complexity index is 901. The zero-order chi connectivity index (χ0) is 18.5. The smallest absolute Gasteiger partial charge is 0.319 e. The third kappa shape index (κ3) is 4.54. The van der Waals surface area contributed by atoms with Crippen molar-refractivity contribution in [1.82, 2.24) is 9.88 Å². The number of carbonyl (C=O) groups is 2. The van der Waals surface area contributed by atoms with Gasteiger partial charge in [-0.15, -0.1) is 0 Å². The zero-order valence-corrected chi connectivity index (χ0v) is 15.5. The topological polar surface area (TPSA) is 88.3 Å². The number of furan rings is 1. The van der Waals surface area contributed by atoms with E-state index in [9.17, 15) is 9.59 Å². The minimum absolute atomic E-state index is 0.213. The number of hydrogen-bond donors (Lipinski definition) is 3. The van der Waals surface area contributed by atoms with Crippen LogP contribution < -0.4 is 16.0 Å². The zero-order valence-electron chi connectivity index (χ0n) is 14.0. The fourth-order valence-corrected chi connectivity index (χ4v) is 2.86. The van der Waals surface area contributed by atoms with E-state index in [4.69, 9.17) is 4.42 Å². The largest absolute Gasteiger partial charge is 0.467 e. The van der Waals surface area contributed by atoms with Gasteiger partial charge in [-0.1, -0.05) is 0 Å². The van der Waals surface area contributed by atoms with Crippen LogP contribution in [0.1, 0.15) is 16.2 Å². The monoisotopic (exact) mass is 416 g/mol. The van der Waals surface area contributed by atoms with Crippen molar-refractivity contribution in [2.45, 2.75) is 6.54 Å². The van der Waals surface area contributed by atoms with Gasteiger partial charge in [0.1, 0.15) is 11.5 Å². The molecule has 26 heavy (non-hydrogen) atoms. The van der Waals surface area contributed by atoms with Gasteiger partial charge >= 0.3 is 6.03 Å². The average Bonchev–Trinajstić information content (AvgIpc) is 3.24. The van der Waals surface area contributed by atoms with E-state index in [0.29, 0.717) is 29.4 Å². The quantitative estimate of drug-likeness (QED) is 0.587. The molecular formula is C18H17BrN4O3. The summed E-state index contributed by atoms with van der Waals surface area (Å²) in [5.41, 5.74) is 1.78. The van der Waals surface area contributed by atoms with Gasteiger partial charge in [0, 0.05) is 29.1 Å². The SMILES string of the molecule is Cn1cc(Br)cc1C(=O)Nc1ccc(NC(=O)NCc2ccco2)cc1. The van der Waals surface area contributed by atoms with Gasteiger partial charge < -0.3 is 24.9 Å². The molecule has 7 nitrogen and oxygen atoms in total. The number of aryl methyl sites for hydroxylation is 1. The van der Waals surface area contributed by atoms with E-state index < -0.39 is 0 Å². The Kier molecular flexibility index (Phi) is 5.43. The second kappa shape index (κ2) is 7.92. The summed E-state index contributed by atoms with van der Waals surface area (Å²) in [6.07, 6.45) is 3.36. The predicted molar refractivity (Wildman–Crippen MR) is 102 cm³/mol. The van der Waals surface area contributed by atoms with Crippen LogP contribution in [0.25, 0.3) is 0 Å². The lowest BCUT2D eigenvalue weighted by Crippen LogP contribution is -2.27. The molecule has 2 aromatic heterocycles. The molecule has 0 aliphatic heterocycles. The molecule has 0 atom stereocenters. The molecule has 3 amide bonds. The first-order chi connectivity index (χ1) is 12.5. The van der Waals surface area contributed by atoms with Crippen molar-refractivity contribution in [3.8, 4) is 0 Å². The highest BCUT2D eigenvalue weighted by Crippen LogP contribution is 2.17. The van der Waals surface area contributed by atoms with Gasteiger partial charge in [-0.05, 0) is 58.4 Å². The minimum atomic E-state index is -0.341. The second-order valence-electron chi connectivity index (χ2n) is 5.57. The predicted octanol–water partition coefficient (Wildman–Crippen LogP) is 3.95. The molecule has 0 bridgehead atoms. The molecule has 2 heterocycles. The maximum Gasteiger partial charge on any atom is 0.319 e. The van der Waals surface area contributed by atoms with Crippen molar-refractivity contribution in [3.63, 3.8) is 0 Å². The first-order valence-electron chi connectivity index (χ1n) is 7.82. The van der Waals surface area contributed by atoms with Crippen molar-refractivity contribution >= 4 is 39.2 Å². The van der Waals surface area contributed by atoms with Gasteiger partial charge in [0.15, 0.2) is 0 Å². The molecule has 0 spiro atoms. The lowest BCUT2D eigenvalue weighted by atomic mass is 10.2. The number of nitrogens with one attached hydrogen (secondary N) is 3. The molecule has 1 aromatic carbocycles.